The lowest BCUT2D eigenvalue weighted by molar-refractivity contribution is -0.126. The number of pyridine rings is 1. The van der Waals surface area contributed by atoms with Crippen molar-refractivity contribution in [3.05, 3.63) is 59.9 Å². The van der Waals surface area contributed by atoms with Gasteiger partial charge in [0.15, 0.2) is 0 Å². The number of nitrogens with zero attached hydrogens (tertiary/aromatic N) is 1. The molecular formula is C17H19N3O2. The number of benzene rings is 1. The molecule has 1 aromatic heterocycles. The fraction of sp³-hybridized carbons (Fsp3) is 0.235. The molecule has 22 heavy (non-hydrogen) atoms. The number of carbonyl (C=O) groups excluding carboxylic acids is 2. The number of hydrogen-bond donors (Lipinski definition) is 2. The van der Waals surface area contributed by atoms with Gasteiger partial charge in [0.2, 0.25) is 11.8 Å². The molecule has 114 valence electrons. The first-order chi connectivity index (χ1) is 10.6. The molecule has 2 rings (SSSR count). The second-order valence-corrected chi connectivity index (χ2v) is 5.06. The standard InChI is InChI=1S/C17H19N3O2/c1-13-4-2-6-15(10-13)20-17(22)11-16(21)19-9-7-14-5-3-8-18-12-14/h2-6,8,10,12H,7,9,11H2,1H3,(H,19,21)(H,20,22). The van der Waals surface area contributed by atoms with E-state index in [1.165, 1.54) is 0 Å². The van der Waals surface area contributed by atoms with Crippen molar-refractivity contribution < 1.29 is 9.59 Å². The molecule has 2 aromatic rings. The molecule has 5 nitrogen and oxygen atoms in total. The van der Waals surface area contributed by atoms with Gasteiger partial charge in [-0.2, -0.15) is 0 Å². The molecule has 0 aliphatic heterocycles. The molecule has 0 radical (unpaired) electrons. The van der Waals surface area contributed by atoms with E-state index in [0.717, 1.165) is 11.1 Å². The van der Waals surface area contributed by atoms with Gasteiger partial charge in [0, 0.05) is 24.6 Å². The minimum atomic E-state index is -0.315. The number of nitrogens with one attached hydrogen (secondary N) is 2. The van der Waals surface area contributed by atoms with Crippen LogP contribution in [0.2, 0.25) is 0 Å². The number of aromatic nitrogens is 1. The third-order valence-electron chi connectivity index (χ3n) is 3.08. The van der Waals surface area contributed by atoms with Gasteiger partial charge >= 0.3 is 0 Å². The van der Waals surface area contributed by atoms with Crippen molar-refractivity contribution in [1.29, 1.82) is 0 Å². The van der Waals surface area contributed by atoms with Crippen molar-refractivity contribution in [2.45, 2.75) is 19.8 Å². The fourth-order valence-electron chi connectivity index (χ4n) is 2.03. The van der Waals surface area contributed by atoms with Crippen LogP contribution in [-0.4, -0.2) is 23.3 Å². The molecule has 0 atom stereocenters. The van der Waals surface area contributed by atoms with Crippen LogP contribution in [0.1, 0.15) is 17.5 Å². The highest BCUT2D eigenvalue weighted by atomic mass is 16.2. The number of carbonyl (C=O) groups is 2. The van der Waals surface area contributed by atoms with E-state index in [-0.39, 0.29) is 18.2 Å². The SMILES string of the molecule is Cc1cccc(NC(=O)CC(=O)NCCc2cccnc2)c1. The Morgan fingerprint density at radius 3 is 2.73 bits per heavy atom. The van der Waals surface area contributed by atoms with Gasteiger partial charge in [-0.15, -0.1) is 0 Å². The summed E-state index contributed by atoms with van der Waals surface area (Å²) in [5, 5.41) is 5.44. The minimum absolute atomic E-state index is 0.180. The second kappa shape index (κ2) is 7.93. The van der Waals surface area contributed by atoms with Gasteiger partial charge in [0.05, 0.1) is 0 Å². The molecule has 0 spiro atoms. The lowest BCUT2D eigenvalue weighted by Gasteiger charge is -2.07. The zero-order valence-electron chi connectivity index (χ0n) is 12.5. The number of aryl methyl sites for hydroxylation is 1. The molecule has 1 heterocycles. The van der Waals surface area contributed by atoms with Crippen molar-refractivity contribution in [3.63, 3.8) is 0 Å². The van der Waals surface area contributed by atoms with Gasteiger partial charge in [-0.3, -0.25) is 14.6 Å². The van der Waals surface area contributed by atoms with Gasteiger partial charge in [-0.1, -0.05) is 18.2 Å². The molecule has 2 N–H and O–H groups in total. The van der Waals surface area contributed by atoms with E-state index in [4.69, 9.17) is 0 Å². The van der Waals surface area contributed by atoms with Crippen molar-refractivity contribution >= 4 is 17.5 Å². The second-order valence-electron chi connectivity index (χ2n) is 5.06. The molecule has 5 heteroatoms. The Kier molecular flexibility index (Phi) is 5.65. The zero-order valence-corrected chi connectivity index (χ0v) is 12.5. The first-order valence-corrected chi connectivity index (χ1v) is 7.15. The molecule has 1 aromatic carbocycles. The first kappa shape index (κ1) is 15.7. The topological polar surface area (TPSA) is 71.1 Å². The normalized spacial score (nSPS) is 10.0. The molecule has 0 saturated heterocycles. The van der Waals surface area contributed by atoms with E-state index in [9.17, 15) is 9.59 Å². The maximum Gasteiger partial charge on any atom is 0.233 e. The largest absolute Gasteiger partial charge is 0.355 e. The van der Waals surface area contributed by atoms with E-state index < -0.39 is 0 Å². The summed E-state index contributed by atoms with van der Waals surface area (Å²) in [6, 6.07) is 11.3. The molecule has 2 amide bonds. The van der Waals surface area contributed by atoms with E-state index in [1.807, 2.05) is 37.3 Å². The van der Waals surface area contributed by atoms with Gasteiger partial charge < -0.3 is 10.6 Å². The third-order valence-corrected chi connectivity index (χ3v) is 3.08. The van der Waals surface area contributed by atoms with Crippen molar-refractivity contribution in [2.24, 2.45) is 0 Å². The van der Waals surface area contributed by atoms with Crippen LogP contribution >= 0.6 is 0 Å². The number of amides is 2. The average molecular weight is 297 g/mol. The molecular weight excluding hydrogens is 278 g/mol. The summed E-state index contributed by atoms with van der Waals surface area (Å²) < 4.78 is 0. The van der Waals surface area contributed by atoms with Crippen molar-refractivity contribution in [1.82, 2.24) is 10.3 Å². The number of hydrogen-bond acceptors (Lipinski definition) is 3. The van der Waals surface area contributed by atoms with Gasteiger partial charge in [-0.25, -0.2) is 0 Å². The first-order valence-electron chi connectivity index (χ1n) is 7.15. The number of rotatable bonds is 6. The van der Waals surface area contributed by atoms with Gasteiger partial charge in [-0.05, 0) is 42.7 Å². The summed E-state index contributed by atoms with van der Waals surface area (Å²) in [4.78, 5) is 27.5. The molecule has 0 aliphatic rings. The van der Waals surface area contributed by atoms with E-state index in [2.05, 4.69) is 15.6 Å². The quantitative estimate of drug-likeness (QED) is 0.802. The van der Waals surface area contributed by atoms with Crippen LogP contribution in [0.25, 0.3) is 0 Å². The van der Waals surface area contributed by atoms with E-state index in [0.29, 0.717) is 18.7 Å². The van der Waals surface area contributed by atoms with Crippen LogP contribution in [-0.2, 0) is 16.0 Å². The van der Waals surface area contributed by atoms with Crippen molar-refractivity contribution in [3.8, 4) is 0 Å². The Hall–Kier alpha value is -2.69. The maximum atomic E-state index is 11.8. The Morgan fingerprint density at radius 2 is 2.00 bits per heavy atom. The van der Waals surface area contributed by atoms with E-state index >= 15 is 0 Å². The predicted octanol–water partition coefficient (Wildman–Crippen LogP) is 2.08. The van der Waals surface area contributed by atoms with Crippen LogP contribution < -0.4 is 10.6 Å². The number of anilines is 1. The highest BCUT2D eigenvalue weighted by molar-refractivity contribution is 6.03. The maximum absolute atomic E-state index is 11.8. The Labute approximate surface area is 129 Å². The molecule has 0 saturated carbocycles. The summed E-state index contributed by atoms with van der Waals surface area (Å²) in [5.74, 6) is -0.599. The van der Waals surface area contributed by atoms with Gasteiger partial charge in [0.25, 0.3) is 0 Å². The molecule has 0 aliphatic carbocycles. The summed E-state index contributed by atoms with van der Waals surface area (Å²) in [5.41, 5.74) is 2.80. The summed E-state index contributed by atoms with van der Waals surface area (Å²) in [6.45, 7) is 2.43. The van der Waals surface area contributed by atoms with E-state index in [1.54, 1.807) is 18.5 Å². The smallest absolute Gasteiger partial charge is 0.233 e. The average Bonchev–Trinajstić information content (AvgIpc) is 2.48. The minimum Gasteiger partial charge on any atom is -0.355 e. The fourth-order valence-corrected chi connectivity index (χ4v) is 2.03. The van der Waals surface area contributed by atoms with Crippen LogP contribution in [0.15, 0.2) is 48.8 Å². The molecule has 0 unspecified atom stereocenters. The zero-order chi connectivity index (χ0) is 15.8. The summed E-state index contributed by atoms with van der Waals surface area (Å²) in [7, 11) is 0. The lowest BCUT2D eigenvalue weighted by atomic mass is 10.2. The Balaban J connectivity index is 1.71. The molecule has 0 bridgehead atoms. The summed E-state index contributed by atoms with van der Waals surface area (Å²) >= 11 is 0. The van der Waals surface area contributed by atoms with Crippen LogP contribution in [0.4, 0.5) is 5.69 Å². The molecule has 0 fully saturated rings. The highest BCUT2D eigenvalue weighted by Gasteiger charge is 2.09. The van der Waals surface area contributed by atoms with Gasteiger partial charge in [0.1, 0.15) is 6.42 Å². The Bertz CT molecular complexity index is 641. The predicted molar refractivity (Wildman–Crippen MR) is 85.4 cm³/mol. The summed E-state index contributed by atoms with van der Waals surface area (Å²) in [6.07, 6.45) is 3.98. The van der Waals surface area contributed by atoms with Crippen LogP contribution in [0.3, 0.4) is 0 Å². The highest BCUT2D eigenvalue weighted by Crippen LogP contribution is 2.09. The van der Waals surface area contributed by atoms with Crippen LogP contribution in [0.5, 0.6) is 0 Å². The monoisotopic (exact) mass is 297 g/mol. The Morgan fingerprint density at radius 1 is 1.14 bits per heavy atom. The van der Waals surface area contributed by atoms with Crippen LogP contribution in [0, 0.1) is 6.92 Å². The lowest BCUT2D eigenvalue weighted by Crippen LogP contribution is -2.29. The van der Waals surface area contributed by atoms with Crippen molar-refractivity contribution in [2.75, 3.05) is 11.9 Å². The third kappa shape index (κ3) is 5.36.